The maximum absolute atomic E-state index is 5.55. The van der Waals surface area contributed by atoms with E-state index in [1.807, 2.05) is 0 Å². The molecule has 0 saturated heterocycles. The summed E-state index contributed by atoms with van der Waals surface area (Å²) >= 11 is 0. The topological polar surface area (TPSA) is 27.7 Å². The van der Waals surface area contributed by atoms with Crippen LogP contribution in [0.1, 0.15) is 155 Å². The Morgan fingerprint density at radius 1 is 0.421 bits per heavy atom. The molecule has 0 aliphatic heterocycles. The molecule has 0 heterocycles. The van der Waals surface area contributed by atoms with Gasteiger partial charge in [0, 0.05) is 33.8 Å². The summed E-state index contributed by atoms with van der Waals surface area (Å²) in [6.07, 6.45) is 32.9. The van der Waals surface area contributed by atoms with Crippen LogP contribution in [0.2, 0.25) is 6.04 Å². The van der Waals surface area contributed by atoms with Crippen molar-refractivity contribution in [2.75, 3.05) is 48.5 Å². The van der Waals surface area contributed by atoms with E-state index in [0.717, 1.165) is 23.5 Å². The van der Waals surface area contributed by atoms with Gasteiger partial charge in [0.1, 0.15) is 0 Å². The van der Waals surface area contributed by atoms with Crippen molar-refractivity contribution in [1.29, 1.82) is 0 Å². The molecule has 4 nitrogen and oxygen atoms in total. The fraction of sp³-hybridized carbons (Fsp3) is 1.00. The van der Waals surface area contributed by atoms with E-state index >= 15 is 0 Å². The van der Waals surface area contributed by atoms with E-state index in [4.69, 9.17) is 13.3 Å². The molecule has 232 valence electrons. The average Bonchev–Trinajstić information content (AvgIpc) is 2.89. The number of halogens is 1. The SMILES string of the molecule is CCCCCCCCCCCCCCCCCCCCCCCC[N+](C)(C)CCC[Si](OC)(OC)OC.[Cl-]. The predicted octanol–water partition coefficient (Wildman–Crippen LogP) is 6.94. The number of hydrogen-bond donors (Lipinski definition) is 0. The molecule has 0 aromatic heterocycles. The van der Waals surface area contributed by atoms with Crippen molar-refractivity contribution in [1.82, 2.24) is 0 Å². The van der Waals surface area contributed by atoms with Crippen molar-refractivity contribution in [2.45, 2.75) is 161 Å². The Kier molecular flexibility index (Phi) is 30.7. The standard InChI is InChI=1S/C32H70NO3Si.ClH/c1-7-8-9-10-11-12-13-14-15-16-17-18-19-20-21-22-23-24-25-26-27-28-30-33(2,3)31-29-32-37(34-4,35-5)36-6;/h7-32H2,1-6H3;1H/q+1;/p-1. The Hall–Kier alpha value is 0.347. The van der Waals surface area contributed by atoms with Crippen molar-refractivity contribution in [2.24, 2.45) is 0 Å². The van der Waals surface area contributed by atoms with Crippen LogP contribution >= 0.6 is 0 Å². The molecule has 0 saturated carbocycles. The molecule has 0 atom stereocenters. The van der Waals surface area contributed by atoms with Crippen LogP contribution in [0.3, 0.4) is 0 Å². The molecule has 6 heteroatoms. The summed E-state index contributed by atoms with van der Waals surface area (Å²) in [6.45, 7) is 4.72. The van der Waals surface area contributed by atoms with Gasteiger partial charge in [-0.15, -0.1) is 0 Å². The van der Waals surface area contributed by atoms with Gasteiger partial charge in [-0.2, -0.15) is 0 Å². The van der Waals surface area contributed by atoms with Crippen LogP contribution in [-0.2, 0) is 13.3 Å². The quantitative estimate of drug-likeness (QED) is 0.0524. The van der Waals surface area contributed by atoms with Gasteiger partial charge in [-0.05, 0) is 12.8 Å². The lowest BCUT2D eigenvalue weighted by molar-refractivity contribution is -0.890. The van der Waals surface area contributed by atoms with Gasteiger partial charge in [0.25, 0.3) is 0 Å². The maximum Gasteiger partial charge on any atom is 0.500 e. The van der Waals surface area contributed by atoms with Gasteiger partial charge in [-0.1, -0.05) is 135 Å². The van der Waals surface area contributed by atoms with Gasteiger partial charge >= 0.3 is 8.80 Å². The van der Waals surface area contributed by atoms with Gasteiger partial charge < -0.3 is 30.2 Å². The summed E-state index contributed by atoms with van der Waals surface area (Å²) < 4.78 is 17.7. The first kappa shape index (κ1) is 40.5. The van der Waals surface area contributed by atoms with Crippen molar-refractivity contribution in [3.05, 3.63) is 0 Å². The molecule has 0 spiro atoms. The Labute approximate surface area is 247 Å². The zero-order valence-corrected chi connectivity index (χ0v) is 28.7. The van der Waals surface area contributed by atoms with Crippen LogP contribution in [0.4, 0.5) is 0 Å². The largest absolute Gasteiger partial charge is 1.00 e. The minimum absolute atomic E-state index is 0. The Morgan fingerprint density at radius 3 is 0.974 bits per heavy atom. The first-order valence-electron chi connectivity index (χ1n) is 16.4. The summed E-state index contributed by atoms with van der Waals surface area (Å²) in [6, 6.07) is 0.900. The summed E-state index contributed by atoms with van der Waals surface area (Å²) in [7, 11) is 7.42. The van der Waals surface area contributed by atoms with Crippen LogP contribution in [0.15, 0.2) is 0 Å². The summed E-state index contributed by atoms with van der Waals surface area (Å²) in [5, 5.41) is 0. The Morgan fingerprint density at radius 2 is 0.684 bits per heavy atom. The zero-order valence-electron chi connectivity index (χ0n) is 26.9. The van der Waals surface area contributed by atoms with Crippen molar-refractivity contribution in [3.63, 3.8) is 0 Å². The lowest BCUT2D eigenvalue weighted by Gasteiger charge is -2.31. The lowest BCUT2D eigenvalue weighted by Crippen LogP contribution is -3.00. The zero-order chi connectivity index (χ0) is 27.5. The van der Waals surface area contributed by atoms with Crippen LogP contribution in [0.25, 0.3) is 0 Å². The highest BCUT2D eigenvalue weighted by Gasteiger charge is 2.37. The van der Waals surface area contributed by atoms with E-state index in [2.05, 4.69) is 21.0 Å². The minimum Gasteiger partial charge on any atom is -1.00 e. The summed E-state index contributed by atoms with van der Waals surface area (Å²) in [4.78, 5) is 0. The molecule has 0 bridgehead atoms. The fourth-order valence-corrected chi connectivity index (χ4v) is 7.24. The average molecular weight is 580 g/mol. The molecule has 0 aromatic rings. The number of nitrogens with zero attached hydrogens (tertiary/aromatic N) is 1. The van der Waals surface area contributed by atoms with Crippen molar-refractivity contribution in [3.8, 4) is 0 Å². The monoisotopic (exact) mass is 579 g/mol. The van der Waals surface area contributed by atoms with Gasteiger partial charge in [-0.3, -0.25) is 0 Å². The van der Waals surface area contributed by atoms with E-state index in [1.165, 1.54) is 148 Å². The Bertz CT molecular complexity index is 456. The molecule has 0 aliphatic rings. The number of rotatable bonds is 30. The molecule has 0 aliphatic carbocycles. The number of hydrogen-bond acceptors (Lipinski definition) is 3. The van der Waals surface area contributed by atoms with E-state index in [-0.39, 0.29) is 12.4 Å². The highest BCUT2D eigenvalue weighted by molar-refractivity contribution is 6.60. The summed E-state index contributed by atoms with van der Waals surface area (Å²) in [5.74, 6) is 0. The molecule has 0 amide bonds. The molecule has 0 N–H and O–H groups in total. The van der Waals surface area contributed by atoms with Gasteiger partial charge in [0.2, 0.25) is 0 Å². The first-order chi connectivity index (χ1) is 17.9. The second-order valence-electron chi connectivity index (χ2n) is 12.2. The molecule has 0 radical (unpaired) electrons. The van der Waals surface area contributed by atoms with Crippen LogP contribution in [-0.4, -0.2) is 61.8 Å². The van der Waals surface area contributed by atoms with E-state index in [9.17, 15) is 0 Å². The molecule has 38 heavy (non-hydrogen) atoms. The third-order valence-corrected chi connectivity index (χ3v) is 11.1. The number of unbranched alkanes of at least 4 members (excludes halogenated alkanes) is 21. The van der Waals surface area contributed by atoms with Gasteiger partial charge in [-0.25, -0.2) is 0 Å². The highest BCUT2D eigenvalue weighted by Crippen LogP contribution is 2.18. The first-order valence-corrected chi connectivity index (χ1v) is 18.4. The second kappa shape index (κ2) is 28.9. The smallest absolute Gasteiger partial charge is 0.500 e. The molecule has 0 aromatic carbocycles. The lowest BCUT2D eigenvalue weighted by atomic mass is 10.0. The third kappa shape index (κ3) is 25.3. The second-order valence-corrected chi connectivity index (χ2v) is 15.3. The fourth-order valence-electron chi connectivity index (χ4n) is 5.54. The predicted molar refractivity (Wildman–Crippen MR) is 165 cm³/mol. The molecular formula is C32H70ClNO3Si. The molecular weight excluding hydrogens is 510 g/mol. The van der Waals surface area contributed by atoms with Crippen LogP contribution in [0, 0.1) is 0 Å². The maximum atomic E-state index is 5.55. The van der Waals surface area contributed by atoms with Gasteiger partial charge in [0.15, 0.2) is 0 Å². The van der Waals surface area contributed by atoms with Crippen LogP contribution in [0.5, 0.6) is 0 Å². The molecule has 0 rings (SSSR count). The third-order valence-electron chi connectivity index (χ3n) is 8.30. The van der Waals surface area contributed by atoms with E-state index in [0.29, 0.717) is 0 Å². The van der Waals surface area contributed by atoms with Crippen LogP contribution < -0.4 is 12.4 Å². The number of quaternary nitrogens is 1. The van der Waals surface area contributed by atoms with Gasteiger partial charge in [0.05, 0.1) is 27.2 Å². The molecule has 0 unspecified atom stereocenters. The Balaban J connectivity index is 0. The summed E-state index contributed by atoms with van der Waals surface area (Å²) in [5.41, 5.74) is 0. The highest BCUT2D eigenvalue weighted by atomic mass is 35.5. The van der Waals surface area contributed by atoms with Crippen molar-refractivity contribution >= 4 is 8.80 Å². The molecule has 0 fully saturated rings. The minimum atomic E-state index is -2.41. The normalized spacial score (nSPS) is 12.2. The van der Waals surface area contributed by atoms with E-state index in [1.54, 1.807) is 21.3 Å². The van der Waals surface area contributed by atoms with E-state index < -0.39 is 8.80 Å². The van der Waals surface area contributed by atoms with Crippen molar-refractivity contribution < 1.29 is 30.2 Å².